The molecule has 5 nitrogen and oxygen atoms in total. The predicted molar refractivity (Wildman–Crippen MR) is 219 cm³/mol. The van der Waals surface area contributed by atoms with Crippen LogP contribution < -0.4 is 30.2 Å². The van der Waals surface area contributed by atoms with E-state index in [1.807, 2.05) is 0 Å². The maximum absolute atomic E-state index is 7.55. The Bertz CT molecular complexity index is 2630. The van der Waals surface area contributed by atoms with Gasteiger partial charge in [0, 0.05) is 44.7 Å². The number of hydrogen-bond donors (Lipinski definition) is 0. The van der Waals surface area contributed by atoms with Crippen LogP contribution in [0, 0.1) is 0 Å². The third kappa shape index (κ3) is 3.07. The molecule has 7 heterocycles. The van der Waals surface area contributed by atoms with Gasteiger partial charge < -0.3 is 23.7 Å². The molecule has 0 atom stereocenters. The second-order valence-electron chi connectivity index (χ2n) is 16.5. The van der Waals surface area contributed by atoms with Gasteiger partial charge in [-0.2, -0.15) is 0 Å². The first-order valence-corrected chi connectivity index (χ1v) is 18.9. The molecule has 13 rings (SSSR count). The molecule has 6 aromatic carbocycles. The Morgan fingerprint density at radius 2 is 0.736 bits per heavy atom. The zero-order valence-electron chi connectivity index (χ0n) is 30.1. The van der Waals surface area contributed by atoms with Gasteiger partial charge in [-0.25, -0.2) is 0 Å². The van der Waals surface area contributed by atoms with E-state index in [0.29, 0.717) is 0 Å². The highest BCUT2D eigenvalue weighted by molar-refractivity contribution is 6.89. The lowest BCUT2D eigenvalue weighted by molar-refractivity contribution is 0.590. The molecular formula is C46H34B2N4O. The molecule has 0 fully saturated rings. The molecule has 0 saturated heterocycles. The van der Waals surface area contributed by atoms with Crippen LogP contribution in [0.2, 0.25) is 0 Å². The SMILES string of the molecule is CC1(C)c2ccccc2N2B3c4c(cccc41)-c1ccccc1N3c1oc3c(c12)N1B2c4c(cccc4C(C)(C)c4ccccc41)-c1ccccc1N23. The quantitative estimate of drug-likeness (QED) is 0.149. The van der Waals surface area contributed by atoms with Gasteiger partial charge in [0.1, 0.15) is 11.4 Å². The van der Waals surface area contributed by atoms with Crippen molar-refractivity contribution in [2.24, 2.45) is 0 Å². The number of hydrogen-bond acceptors (Lipinski definition) is 5. The number of rotatable bonds is 0. The monoisotopic (exact) mass is 680 g/mol. The smallest absolute Gasteiger partial charge is 0.422 e. The minimum atomic E-state index is -0.235. The molecule has 0 bridgehead atoms. The number of furan rings is 1. The number of nitrogens with zero attached hydrogens (tertiary/aromatic N) is 4. The van der Waals surface area contributed by atoms with Gasteiger partial charge in [-0.1, -0.05) is 137 Å². The first-order valence-electron chi connectivity index (χ1n) is 18.9. The lowest BCUT2D eigenvalue weighted by Crippen LogP contribution is -2.57. The number of para-hydroxylation sites is 4. The van der Waals surface area contributed by atoms with Gasteiger partial charge in [0.25, 0.3) is 0 Å². The summed E-state index contributed by atoms with van der Waals surface area (Å²) >= 11 is 0. The highest BCUT2D eigenvalue weighted by Crippen LogP contribution is 2.66. The van der Waals surface area contributed by atoms with Crippen LogP contribution in [0.1, 0.15) is 49.9 Å². The Morgan fingerprint density at radius 1 is 0.377 bits per heavy atom. The standard InChI is InChI=1S/C46H34B2N4O/c1-45(2)31-19-7-11-25-37(31)49-41-42-44(53-43(41)51-35-23-9-5-15-27(35)29-17-13-21-33(45)39(29)47(49)51)52-36-24-10-6-16-28(36)30-18-14-22-34-40(30)48(52)50(42)38-26-12-8-20-32(38)46(34,3)4/h5-26H,1-4H3. The molecule has 0 unspecified atom stereocenters. The van der Waals surface area contributed by atoms with Gasteiger partial charge in [-0.3, -0.25) is 0 Å². The Kier molecular flexibility index (Phi) is 4.90. The van der Waals surface area contributed by atoms with E-state index in [1.54, 1.807) is 0 Å². The molecule has 0 saturated carbocycles. The first-order chi connectivity index (χ1) is 25.9. The van der Waals surface area contributed by atoms with E-state index in [0.717, 1.165) is 23.1 Å². The highest BCUT2D eigenvalue weighted by atomic mass is 16.4. The van der Waals surface area contributed by atoms with Crippen molar-refractivity contribution in [3.63, 3.8) is 0 Å². The van der Waals surface area contributed by atoms with Crippen LogP contribution in [0.5, 0.6) is 0 Å². The van der Waals surface area contributed by atoms with Crippen molar-refractivity contribution < 1.29 is 4.42 Å². The Hall–Kier alpha value is -6.07. The van der Waals surface area contributed by atoms with E-state index >= 15 is 0 Å². The summed E-state index contributed by atoms with van der Waals surface area (Å²) in [5, 5.41) is 0. The topological polar surface area (TPSA) is 26.1 Å². The van der Waals surface area contributed by atoms with E-state index in [1.165, 1.54) is 78.2 Å². The molecule has 0 aliphatic carbocycles. The fourth-order valence-electron chi connectivity index (χ4n) is 11.1. The number of anilines is 8. The third-order valence-electron chi connectivity index (χ3n) is 13.4. The van der Waals surface area contributed by atoms with Crippen molar-refractivity contribution in [3.05, 3.63) is 156 Å². The van der Waals surface area contributed by atoms with Gasteiger partial charge in [0.05, 0.1) is 0 Å². The van der Waals surface area contributed by atoms with Crippen LogP contribution in [-0.2, 0) is 10.8 Å². The van der Waals surface area contributed by atoms with Crippen LogP contribution in [0.25, 0.3) is 22.3 Å². The molecule has 0 radical (unpaired) electrons. The first kappa shape index (κ1) is 28.5. The molecule has 7 heteroatoms. The molecule has 0 N–H and O–H groups in total. The van der Waals surface area contributed by atoms with Crippen molar-refractivity contribution in [1.82, 2.24) is 0 Å². The summed E-state index contributed by atoms with van der Waals surface area (Å²) in [4.78, 5) is 10.3. The van der Waals surface area contributed by atoms with E-state index < -0.39 is 0 Å². The molecule has 0 spiro atoms. The zero-order valence-corrected chi connectivity index (χ0v) is 30.1. The van der Waals surface area contributed by atoms with Gasteiger partial charge in [-0.05, 0) is 68.6 Å². The van der Waals surface area contributed by atoms with Crippen LogP contribution in [0.4, 0.5) is 45.9 Å². The van der Waals surface area contributed by atoms with Crippen molar-refractivity contribution in [3.8, 4) is 22.3 Å². The molecular weight excluding hydrogens is 646 g/mol. The lowest BCUT2D eigenvalue weighted by Gasteiger charge is -2.37. The highest BCUT2D eigenvalue weighted by Gasteiger charge is 2.62. The third-order valence-corrected chi connectivity index (χ3v) is 13.4. The molecule has 0 amide bonds. The molecule has 6 aliphatic heterocycles. The Morgan fingerprint density at radius 3 is 1.19 bits per heavy atom. The summed E-state index contributed by atoms with van der Waals surface area (Å²) in [5.41, 5.74) is 19.8. The summed E-state index contributed by atoms with van der Waals surface area (Å²) in [5.74, 6) is 1.80. The summed E-state index contributed by atoms with van der Waals surface area (Å²) in [7, 11) is 0. The summed E-state index contributed by atoms with van der Waals surface area (Å²) in [6, 6.07) is 49.9. The van der Waals surface area contributed by atoms with Crippen molar-refractivity contribution in [1.29, 1.82) is 0 Å². The second-order valence-corrected chi connectivity index (χ2v) is 16.5. The fourth-order valence-corrected chi connectivity index (χ4v) is 11.1. The van der Waals surface area contributed by atoms with Crippen LogP contribution in [0.15, 0.2) is 138 Å². The van der Waals surface area contributed by atoms with Gasteiger partial charge in [0.15, 0.2) is 0 Å². The maximum Gasteiger partial charge on any atom is 0.424 e. The normalized spacial score (nSPS) is 17.5. The average molecular weight is 680 g/mol. The minimum Gasteiger partial charge on any atom is -0.422 e. The Labute approximate surface area is 309 Å². The van der Waals surface area contributed by atoms with E-state index in [9.17, 15) is 0 Å². The molecule has 7 aromatic rings. The van der Waals surface area contributed by atoms with Crippen molar-refractivity contribution in [2.45, 2.75) is 38.5 Å². The van der Waals surface area contributed by atoms with Gasteiger partial charge >= 0.3 is 14.0 Å². The lowest BCUT2D eigenvalue weighted by atomic mass is 9.56. The largest absolute Gasteiger partial charge is 0.424 e. The Balaban J connectivity index is 1.21. The second kappa shape index (κ2) is 9.10. The summed E-state index contributed by atoms with van der Waals surface area (Å²) in [6.45, 7) is 9.39. The van der Waals surface area contributed by atoms with Crippen molar-refractivity contribution in [2.75, 3.05) is 19.2 Å². The molecule has 1 aromatic heterocycles. The predicted octanol–water partition coefficient (Wildman–Crippen LogP) is 9.89. The van der Waals surface area contributed by atoms with Gasteiger partial charge in [0.2, 0.25) is 11.8 Å². The number of fused-ring (bicyclic) bond motifs is 17. The average Bonchev–Trinajstić information content (AvgIpc) is 3.80. The molecule has 250 valence electrons. The maximum atomic E-state index is 7.55. The summed E-state index contributed by atoms with van der Waals surface area (Å²) in [6.07, 6.45) is 0. The van der Waals surface area contributed by atoms with E-state index in [4.69, 9.17) is 4.42 Å². The zero-order chi connectivity index (χ0) is 35.1. The van der Waals surface area contributed by atoms with Crippen LogP contribution in [-0.4, -0.2) is 14.0 Å². The fraction of sp³-hybridized carbons (Fsp3) is 0.130. The summed E-state index contributed by atoms with van der Waals surface area (Å²) < 4.78 is 7.55. The van der Waals surface area contributed by atoms with Crippen LogP contribution >= 0.6 is 0 Å². The van der Waals surface area contributed by atoms with Gasteiger partial charge in [-0.15, -0.1) is 0 Å². The molecule has 6 aliphatic rings. The van der Waals surface area contributed by atoms with E-state index in [2.05, 4.69) is 180 Å². The van der Waals surface area contributed by atoms with Crippen molar-refractivity contribution >= 4 is 70.8 Å². The minimum absolute atomic E-state index is 0.107. The van der Waals surface area contributed by atoms with Crippen LogP contribution in [0.3, 0.4) is 0 Å². The van der Waals surface area contributed by atoms with E-state index in [-0.39, 0.29) is 24.8 Å². The number of benzene rings is 6. The molecule has 53 heavy (non-hydrogen) atoms.